The quantitative estimate of drug-likeness (QED) is 0.622. The predicted molar refractivity (Wildman–Crippen MR) is 109 cm³/mol. The minimum Gasteiger partial charge on any atom is -0.335 e. The molecular formula is C19H21N5O3S. The van der Waals surface area contributed by atoms with E-state index >= 15 is 0 Å². The second-order valence-electron chi connectivity index (χ2n) is 6.81. The SMILES string of the molecule is C[C@@H](C(=O)Nc1ccc2[nH]c(=O)[nH]c2c1)N1CCN(C(=O)c2cccs2)CC1. The number of rotatable bonds is 4. The van der Waals surface area contributed by atoms with Crippen molar-refractivity contribution >= 4 is 39.9 Å². The molecule has 1 aromatic carbocycles. The molecule has 2 aromatic heterocycles. The van der Waals surface area contributed by atoms with Crippen LogP contribution in [-0.4, -0.2) is 63.8 Å². The fraction of sp³-hybridized carbons (Fsp3) is 0.316. The van der Waals surface area contributed by atoms with Crippen molar-refractivity contribution in [3.63, 3.8) is 0 Å². The van der Waals surface area contributed by atoms with Crippen molar-refractivity contribution in [2.24, 2.45) is 0 Å². The van der Waals surface area contributed by atoms with Crippen molar-refractivity contribution in [3.05, 3.63) is 51.1 Å². The highest BCUT2D eigenvalue weighted by Gasteiger charge is 2.28. The molecule has 1 aliphatic heterocycles. The van der Waals surface area contributed by atoms with Crippen LogP contribution in [0.15, 0.2) is 40.5 Å². The molecule has 3 N–H and O–H groups in total. The summed E-state index contributed by atoms with van der Waals surface area (Å²) < 4.78 is 0. The number of fused-ring (bicyclic) bond motifs is 1. The maximum absolute atomic E-state index is 12.6. The number of carbonyl (C=O) groups is 2. The summed E-state index contributed by atoms with van der Waals surface area (Å²) in [5, 5.41) is 4.80. The van der Waals surface area contributed by atoms with E-state index in [9.17, 15) is 14.4 Å². The minimum absolute atomic E-state index is 0.0561. The molecule has 3 aromatic rings. The standard InChI is InChI=1S/C19H21N5O3S/c1-12(17(25)20-13-4-5-14-15(11-13)22-19(27)21-14)23-6-8-24(9-7-23)18(26)16-3-2-10-28-16/h2-5,10-12H,6-9H2,1H3,(H,20,25)(H2,21,22,27)/t12-/m0/s1. The number of hydrogen-bond donors (Lipinski definition) is 3. The van der Waals surface area contributed by atoms with Gasteiger partial charge >= 0.3 is 5.69 Å². The van der Waals surface area contributed by atoms with Crippen molar-refractivity contribution in [1.82, 2.24) is 19.8 Å². The van der Waals surface area contributed by atoms with Crippen LogP contribution in [0.4, 0.5) is 5.69 Å². The average Bonchev–Trinajstić information content (AvgIpc) is 3.35. The first kappa shape index (κ1) is 18.5. The number of nitrogens with zero attached hydrogens (tertiary/aromatic N) is 2. The number of carbonyl (C=O) groups excluding carboxylic acids is 2. The van der Waals surface area contributed by atoms with Crippen molar-refractivity contribution in [1.29, 1.82) is 0 Å². The first-order chi connectivity index (χ1) is 13.5. The number of thiophene rings is 1. The second-order valence-corrected chi connectivity index (χ2v) is 7.76. The largest absolute Gasteiger partial charge is 0.335 e. The fourth-order valence-electron chi connectivity index (χ4n) is 3.39. The Kier molecular flexibility index (Phi) is 5.01. The van der Waals surface area contributed by atoms with Crippen LogP contribution in [0.5, 0.6) is 0 Å². The van der Waals surface area contributed by atoms with Crippen LogP contribution in [-0.2, 0) is 4.79 Å². The van der Waals surface area contributed by atoms with E-state index < -0.39 is 0 Å². The maximum Gasteiger partial charge on any atom is 0.323 e. The van der Waals surface area contributed by atoms with Gasteiger partial charge in [-0.15, -0.1) is 11.3 Å². The lowest BCUT2D eigenvalue weighted by molar-refractivity contribution is -0.121. The Labute approximate surface area is 165 Å². The first-order valence-electron chi connectivity index (χ1n) is 9.11. The lowest BCUT2D eigenvalue weighted by Crippen LogP contribution is -2.53. The highest BCUT2D eigenvalue weighted by atomic mass is 32.1. The van der Waals surface area contributed by atoms with E-state index in [1.54, 1.807) is 18.2 Å². The van der Waals surface area contributed by atoms with Crippen molar-refractivity contribution < 1.29 is 9.59 Å². The molecule has 0 spiro atoms. The third-order valence-electron chi connectivity index (χ3n) is 5.04. The number of nitrogens with one attached hydrogen (secondary N) is 3. The Bertz CT molecular complexity index is 1050. The number of piperazine rings is 1. The van der Waals surface area contributed by atoms with Gasteiger partial charge in [-0.05, 0) is 36.6 Å². The van der Waals surface area contributed by atoms with Gasteiger partial charge in [0, 0.05) is 31.9 Å². The zero-order valence-corrected chi connectivity index (χ0v) is 16.2. The average molecular weight is 399 g/mol. The topological polar surface area (TPSA) is 101 Å². The van der Waals surface area contributed by atoms with Crippen LogP contribution < -0.4 is 11.0 Å². The Morgan fingerprint density at radius 2 is 1.86 bits per heavy atom. The molecule has 0 aliphatic carbocycles. The summed E-state index contributed by atoms with van der Waals surface area (Å²) in [5.74, 6) is -0.0594. The maximum atomic E-state index is 12.6. The van der Waals surface area contributed by atoms with Gasteiger partial charge in [0.05, 0.1) is 22.0 Å². The second kappa shape index (κ2) is 7.61. The van der Waals surface area contributed by atoms with Crippen molar-refractivity contribution in [2.45, 2.75) is 13.0 Å². The lowest BCUT2D eigenvalue weighted by Gasteiger charge is -2.37. The molecule has 1 saturated heterocycles. The van der Waals surface area contributed by atoms with E-state index in [1.807, 2.05) is 29.3 Å². The number of H-pyrrole nitrogens is 2. The Hall–Kier alpha value is -2.91. The zero-order valence-electron chi connectivity index (χ0n) is 15.4. The van der Waals surface area contributed by atoms with Crippen LogP contribution in [0.3, 0.4) is 0 Å². The first-order valence-corrected chi connectivity index (χ1v) is 9.99. The summed E-state index contributed by atoms with van der Waals surface area (Å²) in [5.41, 5.74) is 1.70. The van der Waals surface area contributed by atoms with Gasteiger partial charge < -0.3 is 20.2 Å². The van der Waals surface area contributed by atoms with Crippen LogP contribution in [0, 0.1) is 0 Å². The van der Waals surface area contributed by atoms with E-state index in [1.165, 1.54) is 11.3 Å². The molecule has 9 heteroatoms. The number of aromatic amines is 2. The molecular weight excluding hydrogens is 378 g/mol. The molecule has 0 radical (unpaired) electrons. The number of benzene rings is 1. The molecule has 28 heavy (non-hydrogen) atoms. The van der Waals surface area contributed by atoms with Gasteiger partial charge in [-0.25, -0.2) is 4.79 Å². The molecule has 3 heterocycles. The minimum atomic E-state index is -0.319. The van der Waals surface area contributed by atoms with E-state index in [0.29, 0.717) is 42.9 Å². The molecule has 4 rings (SSSR count). The summed E-state index contributed by atoms with van der Waals surface area (Å²) in [6, 6.07) is 8.64. The molecule has 1 fully saturated rings. The number of aromatic nitrogens is 2. The van der Waals surface area contributed by atoms with Gasteiger partial charge in [0.2, 0.25) is 5.91 Å². The number of anilines is 1. The predicted octanol–water partition coefficient (Wildman–Crippen LogP) is 1.70. The van der Waals surface area contributed by atoms with Gasteiger partial charge in [-0.1, -0.05) is 6.07 Å². The van der Waals surface area contributed by atoms with E-state index in [0.717, 1.165) is 4.88 Å². The van der Waals surface area contributed by atoms with Crippen molar-refractivity contribution in [3.8, 4) is 0 Å². The molecule has 146 valence electrons. The van der Waals surface area contributed by atoms with Gasteiger partial charge in [-0.2, -0.15) is 0 Å². The summed E-state index contributed by atoms with van der Waals surface area (Å²) in [6.45, 7) is 4.37. The van der Waals surface area contributed by atoms with Crippen LogP contribution in [0.25, 0.3) is 11.0 Å². The summed E-state index contributed by atoms with van der Waals surface area (Å²) in [4.78, 5) is 46.4. The molecule has 8 nitrogen and oxygen atoms in total. The Morgan fingerprint density at radius 1 is 1.11 bits per heavy atom. The van der Waals surface area contributed by atoms with Gasteiger partial charge in [0.1, 0.15) is 0 Å². The molecule has 2 amide bonds. The van der Waals surface area contributed by atoms with Crippen LogP contribution in [0.2, 0.25) is 0 Å². The zero-order chi connectivity index (χ0) is 19.7. The summed E-state index contributed by atoms with van der Waals surface area (Å²) in [6.07, 6.45) is 0. The summed E-state index contributed by atoms with van der Waals surface area (Å²) in [7, 11) is 0. The third kappa shape index (κ3) is 3.71. The lowest BCUT2D eigenvalue weighted by atomic mass is 10.2. The smallest absolute Gasteiger partial charge is 0.323 e. The van der Waals surface area contributed by atoms with Gasteiger partial charge in [0.25, 0.3) is 5.91 Å². The molecule has 1 aliphatic rings. The Balaban J connectivity index is 1.35. The Morgan fingerprint density at radius 3 is 2.57 bits per heavy atom. The number of amides is 2. The molecule has 0 bridgehead atoms. The van der Waals surface area contributed by atoms with Gasteiger partial charge in [0.15, 0.2) is 0 Å². The normalized spacial score (nSPS) is 16.2. The molecule has 1 atom stereocenters. The highest BCUT2D eigenvalue weighted by molar-refractivity contribution is 7.12. The van der Waals surface area contributed by atoms with E-state index in [4.69, 9.17) is 0 Å². The van der Waals surface area contributed by atoms with E-state index in [-0.39, 0.29) is 23.5 Å². The molecule has 0 saturated carbocycles. The van der Waals surface area contributed by atoms with E-state index in [2.05, 4.69) is 20.2 Å². The highest BCUT2D eigenvalue weighted by Crippen LogP contribution is 2.17. The van der Waals surface area contributed by atoms with Crippen LogP contribution in [0.1, 0.15) is 16.6 Å². The number of hydrogen-bond acceptors (Lipinski definition) is 5. The van der Waals surface area contributed by atoms with Crippen molar-refractivity contribution in [2.75, 3.05) is 31.5 Å². The number of imidazole rings is 1. The molecule has 0 unspecified atom stereocenters. The fourth-order valence-corrected chi connectivity index (χ4v) is 4.08. The third-order valence-corrected chi connectivity index (χ3v) is 5.90. The monoisotopic (exact) mass is 399 g/mol. The van der Waals surface area contributed by atoms with Crippen LogP contribution >= 0.6 is 11.3 Å². The summed E-state index contributed by atoms with van der Waals surface area (Å²) >= 11 is 1.45. The van der Waals surface area contributed by atoms with Gasteiger partial charge in [-0.3, -0.25) is 14.5 Å².